The van der Waals surface area contributed by atoms with E-state index in [0.29, 0.717) is 0 Å². The first-order valence-electron chi connectivity index (χ1n) is 9.12. The Morgan fingerprint density at radius 3 is 2.88 bits per heavy atom. The molecule has 1 aliphatic rings. The molecule has 1 saturated heterocycles. The van der Waals surface area contributed by atoms with Gasteiger partial charge >= 0.3 is 5.97 Å². The Labute approximate surface area is 153 Å². The monoisotopic (exact) mass is 358 g/mol. The summed E-state index contributed by atoms with van der Waals surface area (Å²) in [6.07, 6.45) is 4.71. The zero-order valence-electron chi connectivity index (χ0n) is 15.4. The Hall–Kier alpha value is -2.41. The Bertz CT molecular complexity index is 787. The van der Waals surface area contributed by atoms with E-state index >= 15 is 0 Å². The number of aromatic nitrogens is 3. The van der Waals surface area contributed by atoms with Crippen LogP contribution in [-0.4, -0.2) is 44.0 Å². The van der Waals surface area contributed by atoms with Gasteiger partial charge in [-0.25, -0.2) is 0 Å². The van der Waals surface area contributed by atoms with Gasteiger partial charge in [-0.05, 0) is 37.3 Å². The molecule has 0 saturated carbocycles. The Morgan fingerprint density at radius 1 is 1.38 bits per heavy atom. The molecule has 26 heavy (non-hydrogen) atoms. The Balaban J connectivity index is 1.88. The van der Waals surface area contributed by atoms with Crippen LogP contribution < -0.4 is 4.90 Å². The van der Waals surface area contributed by atoms with Crippen LogP contribution in [0.15, 0.2) is 18.3 Å². The summed E-state index contributed by atoms with van der Waals surface area (Å²) in [6, 6.07) is 4.03. The topological polar surface area (TPSA) is 91.5 Å². The first-order valence-corrected chi connectivity index (χ1v) is 9.12. The number of carboxylic acids is 1. The van der Waals surface area contributed by atoms with Gasteiger partial charge in [-0.2, -0.15) is 5.10 Å². The molecule has 0 spiro atoms. The van der Waals surface area contributed by atoms with Crippen molar-refractivity contribution in [1.29, 1.82) is 0 Å². The smallest absolute Gasteiger partial charge is 0.303 e. The number of rotatable bonds is 6. The third-order valence-electron chi connectivity index (χ3n) is 5.10. The highest BCUT2D eigenvalue weighted by Crippen LogP contribution is 2.30. The number of aliphatic hydroxyl groups excluding tert-OH is 1. The highest BCUT2D eigenvalue weighted by atomic mass is 16.4. The number of nitrogens with zero attached hydrogens (tertiary/aromatic N) is 4. The van der Waals surface area contributed by atoms with Gasteiger partial charge in [0.15, 0.2) is 0 Å². The van der Waals surface area contributed by atoms with E-state index in [1.165, 1.54) is 0 Å². The third-order valence-corrected chi connectivity index (χ3v) is 5.10. The van der Waals surface area contributed by atoms with Gasteiger partial charge in [0.25, 0.3) is 0 Å². The minimum Gasteiger partial charge on any atom is -0.481 e. The molecule has 0 radical (unpaired) electrons. The van der Waals surface area contributed by atoms with Crippen LogP contribution in [0.3, 0.4) is 0 Å². The summed E-state index contributed by atoms with van der Waals surface area (Å²) < 4.78 is 1.66. The maximum Gasteiger partial charge on any atom is 0.303 e. The van der Waals surface area contributed by atoms with Gasteiger partial charge in [0.2, 0.25) is 0 Å². The molecule has 0 amide bonds. The molecule has 1 fully saturated rings. The molecule has 0 aliphatic carbocycles. The number of piperidine rings is 1. The minimum atomic E-state index is -0.728. The molecule has 3 rings (SSSR count). The fourth-order valence-corrected chi connectivity index (χ4v) is 3.75. The van der Waals surface area contributed by atoms with E-state index in [1.54, 1.807) is 17.9 Å². The van der Waals surface area contributed by atoms with Crippen LogP contribution in [0, 0.1) is 5.92 Å². The average Bonchev–Trinajstić information content (AvgIpc) is 3.01. The molecular weight excluding hydrogens is 332 g/mol. The van der Waals surface area contributed by atoms with Crippen molar-refractivity contribution in [3.63, 3.8) is 0 Å². The average molecular weight is 358 g/mol. The number of carboxylic acid groups (broad SMARTS) is 1. The number of aryl methyl sites for hydroxylation is 2. The molecule has 140 valence electrons. The van der Waals surface area contributed by atoms with Crippen LogP contribution in [0.1, 0.15) is 37.6 Å². The van der Waals surface area contributed by atoms with Gasteiger partial charge in [0.1, 0.15) is 0 Å². The second-order valence-corrected chi connectivity index (χ2v) is 6.85. The van der Waals surface area contributed by atoms with Gasteiger partial charge in [0.05, 0.1) is 35.6 Å². The van der Waals surface area contributed by atoms with E-state index in [1.807, 2.05) is 6.07 Å². The van der Waals surface area contributed by atoms with Crippen molar-refractivity contribution in [1.82, 2.24) is 14.8 Å². The maximum absolute atomic E-state index is 11.0. The van der Waals surface area contributed by atoms with Crippen molar-refractivity contribution in [2.45, 2.75) is 39.2 Å². The molecule has 2 aromatic rings. The Kier molecular flexibility index (Phi) is 5.56. The highest BCUT2D eigenvalue weighted by Gasteiger charge is 2.24. The number of hydrogen-bond acceptors (Lipinski definition) is 5. The lowest BCUT2D eigenvalue weighted by Crippen LogP contribution is -2.37. The minimum absolute atomic E-state index is 0.0836. The predicted molar refractivity (Wildman–Crippen MR) is 98.9 cm³/mol. The number of pyridine rings is 1. The molecule has 3 heterocycles. The number of aliphatic carboxylic acids is 1. The summed E-state index contributed by atoms with van der Waals surface area (Å²) in [4.78, 5) is 18.1. The van der Waals surface area contributed by atoms with Crippen LogP contribution in [0.4, 0.5) is 5.69 Å². The van der Waals surface area contributed by atoms with Gasteiger partial charge in [-0.1, -0.05) is 6.92 Å². The number of carbonyl (C=O) groups is 1. The predicted octanol–water partition coefficient (Wildman–Crippen LogP) is 2.23. The molecule has 1 atom stereocenters. The van der Waals surface area contributed by atoms with Crippen LogP contribution in [-0.2, 0) is 24.9 Å². The lowest BCUT2D eigenvalue weighted by atomic mass is 9.94. The molecule has 0 bridgehead atoms. The molecular formula is C19H26N4O3. The van der Waals surface area contributed by atoms with Crippen molar-refractivity contribution >= 4 is 11.7 Å². The van der Waals surface area contributed by atoms with E-state index < -0.39 is 5.97 Å². The fraction of sp³-hybridized carbons (Fsp3) is 0.526. The van der Waals surface area contributed by atoms with E-state index in [9.17, 15) is 9.90 Å². The summed E-state index contributed by atoms with van der Waals surface area (Å²) in [5.74, 6) is -0.543. The van der Waals surface area contributed by atoms with Crippen LogP contribution in [0.5, 0.6) is 0 Å². The zero-order valence-corrected chi connectivity index (χ0v) is 15.4. The summed E-state index contributed by atoms with van der Waals surface area (Å²) in [7, 11) is 1.81. The standard InChI is InChI=1S/C19H26N4O3/c1-3-15-17(23-8-4-5-13(11-23)9-19(25)26)7-6-16(21-15)14-10-20-22(2)18(14)12-24/h6-7,10,13,24H,3-5,8-9,11-12H2,1-2H3,(H,25,26)/t13-/m1/s1. The van der Waals surface area contributed by atoms with Crippen molar-refractivity contribution in [3.8, 4) is 11.3 Å². The summed E-state index contributed by atoms with van der Waals surface area (Å²) in [5, 5.41) is 22.9. The second kappa shape index (κ2) is 7.86. The number of hydrogen-bond donors (Lipinski definition) is 2. The lowest BCUT2D eigenvalue weighted by molar-refractivity contribution is -0.138. The molecule has 2 N–H and O–H groups in total. The molecule has 7 nitrogen and oxygen atoms in total. The van der Waals surface area contributed by atoms with Crippen molar-refractivity contribution < 1.29 is 15.0 Å². The van der Waals surface area contributed by atoms with Crippen molar-refractivity contribution in [2.75, 3.05) is 18.0 Å². The van der Waals surface area contributed by atoms with E-state index in [2.05, 4.69) is 23.0 Å². The van der Waals surface area contributed by atoms with Gasteiger partial charge < -0.3 is 15.1 Å². The van der Waals surface area contributed by atoms with Crippen LogP contribution in [0.2, 0.25) is 0 Å². The highest BCUT2D eigenvalue weighted by molar-refractivity contribution is 5.68. The summed E-state index contributed by atoms with van der Waals surface area (Å²) in [5.41, 5.74) is 4.47. The molecule has 2 aromatic heterocycles. The summed E-state index contributed by atoms with van der Waals surface area (Å²) in [6.45, 7) is 3.68. The number of aliphatic hydroxyl groups is 1. The molecule has 1 aliphatic heterocycles. The zero-order chi connectivity index (χ0) is 18.7. The Morgan fingerprint density at radius 2 is 2.19 bits per heavy atom. The molecule has 7 heteroatoms. The second-order valence-electron chi connectivity index (χ2n) is 6.85. The molecule has 0 aromatic carbocycles. The summed E-state index contributed by atoms with van der Waals surface area (Å²) >= 11 is 0. The van der Waals surface area contributed by atoms with Gasteiger partial charge in [-0.3, -0.25) is 14.5 Å². The van der Waals surface area contributed by atoms with Crippen molar-refractivity contribution in [2.24, 2.45) is 13.0 Å². The maximum atomic E-state index is 11.0. The van der Waals surface area contributed by atoms with E-state index in [-0.39, 0.29) is 18.9 Å². The quantitative estimate of drug-likeness (QED) is 0.823. The lowest BCUT2D eigenvalue weighted by Gasteiger charge is -2.34. The van der Waals surface area contributed by atoms with E-state index in [0.717, 1.165) is 60.7 Å². The van der Waals surface area contributed by atoms with Gasteiger partial charge in [-0.15, -0.1) is 0 Å². The van der Waals surface area contributed by atoms with Gasteiger partial charge in [0, 0.05) is 32.1 Å². The van der Waals surface area contributed by atoms with Crippen molar-refractivity contribution in [3.05, 3.63) is 29.7 Å². The first kappa shape index (κ1) is 18.4. The molecule has 0 unspecified atom stereocenters. The van der Waals surface area contributed by atoms with E-state index in [4.69, 9.17) is 10.1 Å². The normalized spacial score (nSPS) is 17.5. The third kappa shape index (κ3) is 3.72. The SMILES string of the molecule is CCc1nc(-c2cnn(C)c2CO)ccc1N1CCC[C@H](CC(=O)O)C1. The fourth-order valence-electron chi connectivity index (χ4n) is 3.75. The number of anilines is 1. The first-order chi connectivity index (χ1) is 12.5. The largest absolute Gasteiger partial charge is 0.481 e. The van der Waals surface area contributed by atoms with Crippen LogP contribution >= 0.6 is 0 Å². The van der Waals surface area contributed by atoms with Crippen LogP contribution in [0.25, 0.3) is 11.3 Å².